The van der Waals surface area contributed by atoms with Gasteiger partial charge in [-0.15, -0.1) is 0 Å². The molecule has 4 aromatic carbocycles. The van der Waals surface area contributed by atoms with E-state index >= 15 is 0 Å². The average molecular weight is 683 g/mol. The molecule has 0 fully saturated rings. The molecule has 0 bridgehead atoms. The summed E-state index contributed by atoms with van der Waals surface area (Å²) in [5, 5.41) is 6.41. The molecule has 0 heterocycles. The Kier molecular flexibility index (Phi) is 12.6. The van der Waals surface area contributed by atoms with E-state index in [1.54, 1.807) is 28.6 Å². The maximum atomic E-state index is 14.4. The number of sulfonamides is 2. The van der Waals surface area contributed by atoms with Gasteiger partial charge in [0.15, 0.2) is 0 Å². The van der Waals surface area contributed by atoms with Crippen LogP contribution in [-0.2, 0) is 20.0 Å². The van der Waals surface area contributed by atoms with Gasteiger partial charge in [-0.2, -0.15) is 4.31 Å². The minimum atomic E-state index is -3.89. The van der Waals surface area contributed by atoms with Gasteiger partial charge in [-0.25, -0.2) is 21.6 Å². The molecule has 0 aromatic heterocycles. The number of benzene rings is 4. The van der Waals surface area contributed by atoms with Crippen molar-refractivity contribution in [3.8, 4) is 0 Å². The lowest BCUT2D eigenvalue weighted by molar-refractivity contribution is 0.312. The Morgan fingerprint density at radius 1 is 0.660 bits per heavy atom. The van der Waals surface area contributed by atoms with Crippen molar-refractivity contribution < 1.29 is 16.8 Å². The number of nitrogens with two attached hydrogens (primary N) is 1. The molecule has 0 amide bonds. The van der Waals surface area contributed by atoms with E-state index < -0.39 is 20.0 Å². The summed E-state index contributed by atoms with van der Waals surface area (Å²) >= 11 is 0. The van der Waals surface area contributed by atoms with Crippen molar-refractivity contribution in [2.24, 2.45) is 5.73 Å². The maximum absolute atomic E-state index is 14.4. The van der Waals surface area contributed by atoms with Crippen molar-refractivity contribution in [3.05, 3.63) is 72.8 Å². The number of hydrogen-bond donors (Lipinski definition) is 3. The van der Waals surface area contributed by atoms with E-state index in [0.717, 1.165) is 35.1 Å². The molecule has 0 saturated carbocycles. The molecule has 0 radical (unpaired) electrons. The minimum absolute atomic E-state index is 0.186. The predicted octanol–water partition coefficient (Wildman–Crippen LogP) is 4.59. The maximum Gasteiger partial charge on any atom is 0.243 e. The van der Waals surface area contributed by atoms with Crippen molar-refractivity contribution in [2.45, 2.75) is 48.4 Å². The van der Waals surface area contributed by atoms with Crippen LogP contribution in [0.1, 0.15) is 32.6 Å². The number of fused-ring (bicyclic) bond motifs is 2. The predicted molar refractivity (Wildman–Crippen MR) is 195 cm³/mol. The van der Waals surface area contributed by atoms with Gasteiger partial charge >= 0.3 is 0 Å². The first kappa shape index (κ1) is 36.6. The van der Waals surface area contributed by atoms with Crippen LogP contribution >= 0.6 is 0 Å². The zero-order chi connectivity index (χ0) is 34.2. The van der Waals surface area contributed by atoms with Crippen molar-refractivity contribution in [1.82, 2.24) is 14.3 Å². The van der Waals surface area contributed by atoms with E-state index in [9.17, 15) is 16.8 Å². The first-order valence-corrected chi connectivity index (χ1v) is 19.1. The van der Waals surface area contributed by atoms with E-state index in [4.69, 9.17) is 5.73 Å². The molecule has 0 aliphatic carbocycles. The monoisotopic (exact) mass is 682 g/mol. The van der Waals surface area contributed by atoms with Gasteiger partial charge in [0.05, 0.1) is 9.79 Å². The molecule has 4 N–H and O–H groups in total. The zero-order valence-corrected chi connectivity index (χ0v) is 29.9. The van der Waals surface area contributed by atoms with Crippen LogP contribution in [0.5, 0.6) is 0 Å². The average Bonchev–Trinajstić information content (AvgIpc) is 3.04. The van der Waals surface area contributed by atoms with E-state index in [1.807, 2.05) is 93.4 Å². The molecule has 0 aliphatic heterocycles. The van der Waals surface area contributed by atoms with Crippen LogP contribution in [0.4, 0.5) is 11.4 Å². The molecule has 0 aliphatic rings. The third-order valence-electron chi connectivity index (χ3n) is 8.43. The van der Waals surface area contributed by atoms with E-state index in [0.29, 0.717) is 49.7 Å². The first-order valence-electron chi connectivity index (χ1n) is 16.2. The standard InChI is InChI=1S/C35H50N6O4S2/c1-27(13-10-25-38-46(42,43)34-20-8-14-28-30(34)16-6-18-32(28)39(2)3)41(26-12-24-37-23-11-22-36)47(44,45)35-21-9-15-29-31(35)17-7-19-33(29)40(4)5/h6-9,14-21,27,37-38H,10-13,22-26,36H2,1-5H3. The van der Waals surface area contributed by atoms with Gasteiger partial charge in [-0.1, -0.05) is 48.5 Å². The summed E-state index contributed by atoms with van der Waals surface area (Å²) in [5.41, 5.74) is 7.49. The lowest BCUT2D eigenvalue weighted by Crippen LogP contribution is -2.40. The van der Waals surface area contributed by atoms with Crippen molar-refractivity contribution in [2.75, 3.05) is 70.7 Å². The second-order valence-corrected chi connectivity index (χ2v) is 15.9. The van der Waals surface area contributed by atoms with Crippen molar-refractivity contribution in [1.29, 1.82) is 0 Å². The summed E-state index contributed by atoms with van der Waals surface area (Å²) in [6.07, 6.45) is 2.43. The Labute approximate surface area is 281 Å². The van der Waals surface area contributed by atoms with E-state index in [-0.39, 0.29) is 22.4 Å². The number of nitrogens with one attached hydrogen (secondary N) is 2. The number of anilines is 2. The molecule has 10 nitrogen and oxygen atoms in total. The highest BCUT2D eigenvalue weighted by molar-refractivity contribution is 7.90. The summed E-state index contributed by atoms with van der Waals surface area (Å²) < 4.78 is 60.0. The van der Waals surface area contributed by atoms with E-state index in [1.165, 1.54) is 0 Å². The van der Waals surface area contributed by atoms with Gasteiger partial charge in [0.2, 0.25) is 20.0 Å². The van der Waals surface area contributed by atoms with Gasteiger partial charge in [-0.05, 0) is 76.5 Å². The molecule has 12 heteroatoms. The van der Waals surface area contributed by atoms with Crippen molar-refractivity contribution in [3.63, 3.8) is 0 Å². The molecule has 256 valence electrons. The largest absolute Gasteiger partial charge is 0.377 e. The molecule has 0 saturated heterocycles. The number of nitrogens with zero attached hydrogens (tertiary/aromatic N) is 3. The normalized spacial score (nSPS) is 13.0. The SMILES string of the molecule is CC(CCCNS(=O)(=O)c1cccc2c(N(C)C)cccc12)N(CCCNCCCN)S(=O)(=O)c1cccc2c(N(C)C)cccc12. The van der Waals surface area contributed by atoms with Crippen LogP contribution in [0, 0.1) is 0 Å². The first-order chi connectivity index (χ1) is 22.4. The highest BCUT2D eigenvalue weighted by Crippen LogP contribution is 2.33. The lowest BCUT2D eigenvalue weighted by atomic mass is 10.1. The van der Waals surface area contributed by atoms with Crippen LogP contribution in [0.3, 0.4) is 0 Å². The third kappa shape index (κ3) is 8.62. The third-order valence-corrected chi connectivity index (χ3v) is 12.0. The topological polar surface area (TPSA) is 128 Å². The number of hydrogen-bond acceptors (Lipinski definition) is 8. The summed E-state index contributed by atoms with van der Waals surface area (Å²) in [6.45, 7) is 4.46. The van der Waals surface area contributed by atoms with Crippen LogP contribution in [-0.4, -0.2) is 88.1 Å². The van der Waals surface area contributed by atoms with Crippen LogP contribution < -0.4 is 25.6 Å². The molecule has 47 heavy (non-hydrogen) atoms. The van der Waals surface area contributed by atoms with Crippen LogP contribution in [0.25, 0.3) is 21.5 Å². The van der Waals surface area contributed by atoms with Gasteiger partial charge in [0.25, 0.3) is 0 Å². The Balaban J connectivity index is 1.52. The van der Waals surface area contributed by atoms with Gasteiger partial charge < -0.3 is 20.9 Å². The summed E-state index contributed by atoms with van der Waals surface area (Å²) in [4.78, 5) is 4.44. The highest BCUT2D eigenvalue weighted by Gasteiger charge is 2.30. The minimum Gasteiger partial charge on any atom is -0.377 e. The Morgan fingerprint density at radius 2 is 1.17 bits per heavy atom. The van der Waals surface area contributed by atoms with E-state index in [2.05, 4.69) is 10.0 Å². The zero-order valence-electron chi connectivity index (χ0n) is 28.2. The summed E-state index contributed by atoms with van der Waals surface area (Å²) in [5.74, 6) is 0. The molecule has 1 unspecified atom stereocenters. The Hall–Kier alpha value is -3.26. The quantitative estimate of drug-likeness (QED) is 0.130. The van der Waals surface area contributed by atoms with Gasteiger partial charge in [0, 0.05) is 80.2 Å². The second-order valence-electron chi connectivity index (χ2n) is 12.3. The van der Waals surface area contributed by atoms with Gasteiger partial charge in [-0.3, -0.25) is 0 Å². The summed E-state index contributed by atoms with van der Waals surface area (Å²) in [6, 6.07) is 21.7. The summed E-state index contributed by atoms with van der Waals surface area (Å²) in [7, 11) is 0.0546. The molecule has 4 rings (SSSR count). The molecular weight excluding hydrogens is 633 g/mol. The fourth-order valence-corrected chi connectivity index (χ4v) is 9.21. The Morgan fingerprint density at radius 3 is 1.74 bits per heavy atom. The molecule has 1 atom stereocenters. The smallest absolute Gasteiger partial charge is 0.243 e. The fourth-order valence-electron chi connectivity index (χ4n) is 6.01. The van der Waals surface area contributed by atoms with Crippen LogP contribution in [0.2, 0.25) is 0 Å². The van der Waals surface area contributed by atoms with Crippen LogP contribution in [0.15, 0.2) is 82.6 Å². The molecule has 4 aromatic rings. The fraction of sp³-hybridized carbons (Fsp3) is 0.429. The Bertz CT molecular complexity index is 1860. The highest BCUT2D eigenvalue weighted by atomic mass is 32.2. The second kappa shape index (κ2) is 16.2. The van der Waals surface area contributed by atoms with Crippen molar-refractivity contribution >= 4 is 53.0 Å². The molecule has 0 spiro atoms. The molecular formula is C35H50N6O4S2. The van der Waals surface area contributed by atoms with Gasteiger partial charge in [0.1, 0.15) is 0 Å². The number of rotatable bonds is 18. The lowest BCUT2D eigenvalue weighted by Gasteiger charge is -2.29.